The average Bonchev–Trinajstić information content (AvgIpc) is 2.72. The minimum absolute atomic E-state index is 0.0676. The van der Waals surface area contributed by atoms with E-state index in [4.69, 9.17) is 0 Å². The zero-order valence-corrected chi connectivity index (χ0v) is 23.0. The SMILES string of the molecule is CC(C)(C)c1cc(C(C)(C)C)c(P=C(Cc2ccccc2)c2ccccc2)c(C(C)(C)C)c1. The summed E-state index contributed by atoms with van der Waals surface area (Å²) in [5.74, 6) is 0. The van der Waals surface area contributed by atoms with Crippen LogP contribution in [-0.4, -0.2) is 5.29 Å². The Hall–Kier alpha value is -2.17. The molecule has 1 heteroatoms. The number of hydrogen-bond acceptors (Lipinski definition) is 0. The lowest BCUT2D eigenvalue weighted by molar-refractivity contribution is 0.554. The molecule has 0 atom stereocenters. The maximum Gasteiger partial charge on any atom is 0.00956 e. The van der Waals surface area contributed by atoms with Crippen molar-refractivity contribution in [2.45, 2.75) is 85.0 Å². The van der Waals surface area contributed by atoms with E-state index in [-0.39, 0.29) is 16.2 Å². The van der Waals surface area contributed by atoms with Gasteiger partial charge in [-0.25, -0.2) is 0 Å². The predicted octanol–water partition coefficient (Wildman–Crippen LogP) is 8.61. The molecule has 0 spiro atoms. The fraction of sp³-hybridized carbons (Fsp3) is 0.406. The van der Waals surface area contributed by atoms with E-state index in [0.717, 1.165) is 6.42 Å². The molecule has 0 aromatic heterocycles. The van der Waals surface area contributed by atoms with Crippen molar-refractivity contribution in [3.05, 3.63) is 101 Å². The highest BCUT2D eigenvalue weighted by molar-refractivity contribution is 7.50. The van der Waals surface area contributed by atoms with E-state index in [1.807, 2.05) is 0 Å². The van der Waals surface area contributed by atoms with Crippen LogP contribution in [-0.2, 0) is 22.7 Å². The van der Waals surface area contributed by atoms with E-state index in [0.29, 0.717) is 0 Å². The molecule has 0 aliphatic heterocycles. The van der Waals surface area contributed by atoms with E-state index in [1.54, 1.807) is 0 Å². The molecular formula is C32H41P. The van der Waals surface area contributed by atoms with Crippen molar-refractivity contribution < 1.29 is 0 Å². The molecule has 0 saturated heterocycles. The van der Waals surface area contributed by atoms with Crippen molar-refractivity contribution in [2.24, 2.45) is 0 Å². The van der Waals surface area contributed by atoms with Crippen LogP contribution in [0.5, 0.6) is 0 Å². The summed E-state index contributed by atoms with van der Waals surface area (Å²) in [7, 11) is 1.31. The zero-order valence-electron chi connectivity index (χ0n) is 22.1. The minimum Gasteiger partial charge on any atom is -0.0633 e. The minimum atomic E-state index is 0.0676. The normalized spacial score (nSPS) is 13.3. The molecule has 0 amide bonds. The van der Waals surface area contributed by atoms with Crippen molar-refractivity contribution >= 4 is 18.8 Å². The quantitative estimate of drug-likeness (QED) is 0.345. The first-order valence-corrected chi connectivity index (χ1v) is 13.0. The van der Waals surface area contributed by atoms with Crippen LogP contribution >= 0.6 is 8.20 Å². The van der Waals surface area contributed by atoms with Crippen molar-refractivity contribution in [1.82, 2.24) is 0 Å². The van der Waals surface area contributed by atoms with Crippen LogP contribution in [0.2, 0.25) is 0 Å². The standard InChI is InChI=1S/C32H41P/c1-30(2,3)25-21-26(31(4,5)6)29(27(22-25)32(7,8)9)33-28(24-18-14-11-15-19-24)20-23-16-12-10-13-17-23/h10-19,21-22H,20H2,1-9H3. The molecule has 0 aliphatic rings. The molecule has 3 aromatic carbocycles. The molecule has 0 nitrogen and oxygen atoms in total. The van der Waals surface area contributed by atoms with Gasteiger partial charge in [0.05, 0.1) is 0 Å². The largest absolute Gasteiger partial charge is 0.0633 e. The molecule has 0 unspecified atom stereocenters. The lowest BCUT2D eigenvalue weighted by atomic mass is 9.75. The van der Waals surface area contributed by atoms with Gasteiger partial charge in [0, 0.05) is 11.7 Å². The van der Waals surface area contributed by atoms with Gasteiger partial charge in [0.1, 0.15) is 0 Å². The van der Waals surface area contributed by atoms with E-state index in [9.17, 15) is 0 Å². The monoisotopic (exact) mass is 456 g/mol. The van der Waals surface area contributed by atoms with E-state index in [1.165, 1.54) is 46.6 Å². The summed E-state index contributed by atoms with van der Waals surface area (Å²) < 4.78 is 0. The van der Waals surface area contributed by atoms with Crippen LogP contribution in [0, 0.1) is 0 Å². The van der Waals surface area contributed by atoms with Gasteiger partial charge < -0.3 is 0 Å². The van der Waals surface area contributed by atoms with Gasteiger partial charge in [-0.15, -0.1) is 0 Å². The molecule has 0 heterocycles. The topological polar surface area (TPSA) is 0 Å². The third-order valence-corrected chi connectivity index (χ3v) is 7.55. The molecule has 33 heavy (non-hydrogen) atoms. The average molecular weight is 457 g/mol. The number of rotatable bonds is 4. The fourth-order valence-electron chi connectivity index (χ4n) is 4.09. The summed E-state index contributed by atoms with van der Waals surface area (Å²) in [6.07, 6.45) is 0.959. The van der Waals surface area contributed by atoms with Crippen molar-refractivity contribution in [3.8, 4) is 0 Å². The van der Waals surface area contributed by atoms with Gasteiger partial charge in [-0.3, -0.25) is 0 Å². The summed E-state index contributed by atoms with van der Waals surface area (Å²) >= 11 is 0. The Balaban J connectivity index is 2.35. The Morgan fingerprint density at radius 1 is 0.606 bits per heavy atom. The fourth-order valence-corrected chi connectivity index (χ4v) is 5.94. The highest BCUT2D eigenvalue weighted by Gasteiger charge is 2.29. The highest BCUT2D eigenvalue weighted by atomic mass is 31.1. The second-order valence-corrected chi connectivity index (χ2v) is 13.5. The Morgan fingerprint density at radius 3 is 1.48 bits per heavy atom. The molecule has 3 aromatic rings. The van der Waals surface area contributed by atoms with Crippen LogP contribution in [0.3, 0.4) is 0 Å². The van der Waals surface area contributed by atoms with Crippen molar-refractivity contribution in [1.29, 1.82) is 0 Å². The first-order chi connectivity index (χ1) is 15.3. The third kappa shape index (κ3) is 6.45. The Morgan fingerprint density at radius 2 is 1.06 bits per heavy atom. The Bertz CT molecular complexity index is 1060. The highest BCUT2D eigenvalue weighted by Crippen LogP contribution is 2.36. The molecule has 3 rings (SSSR count). The Labute approximate surface area is 204 Å². The molecule has 0 bridgehead atoms. The van der Waals surface area contributed by atoms with Crippen LogP contribution < -0.4 is 5.30 Å². The van der Waals surface area contributed by atoms with E-state index in [2.05, 4.69) is 135 Å². The first kappa shape index (κ1) is 25.5. The molecule has 0 saturated carbocycles. The van der Waals surface area contributed by atoms with Crippen LogP contribution in [0.4, 0.5) is 0 Å². The third-order valence-electron chi connectivity index (χ3n) is 6.16. The van der Waals surface area contributed by atoms with Gasteiger partial charge in [0.25, 0.3) is 0 Å². The van der Waals surface area contributed by atoms with Crippen LogP contribution in [0.1, 0.15) is 90.1 Å². The second kappa shape index (κ2) is 9.60. The predicted molar refractivity (Wildman–Crippen MR) is 150 cm³/mol. The summed E-state index contributed by atoms with van der Waals surface area (Å²) in [6.45, 7) is 21.2. The summed E-state index contributed by atoms with van der Waals surface area (Å²) in [4.78, 5) is 0. The number of hydrogen-bond donors (Lipinski definition) is 0. The maximum absolute atomic E-state index is 2.49. The lowest BCUT2D eigenvalue weighted by Crippen LogP contribution is -2.30. The first-order valence-electron chi connectivity index (χ1n) is 12.1. The van der Waals surface area contributed by atoms with Crippen LogP contribution in [0.25, 0.3) is 0 Å². The van der Waals surface area contributed by atoms with Gasteiger partial charge in [-0.1, -0.05) is 143 Å². The van der Waals surface area contributed by atoms with Crippen LogP contribution in [0.15, 0.2) is 72.8 Å². The summed E-state index contributed by atoms with van der Waals surface area (Å²) in [5, 5.41) is 2.94. The van der Waals surface area contributed by atoms with E-state index >= 15 is 0 Å². The van der Waals surface area contributed by atoms with Gasteiger partial charge in [0.2, 0.25) is 0 Å². The van der Waals surface area contributed by atoms with Gasteiger partial charge in [-0.05, 0) is 49.4 Å². The zero-order chi connectivity index (χ0) is 24.4. The van der Waals surface area contributed by atoms with Gasteiger partial charge >= 0.3 is 0 Å². The van der Waals surface area contributed by atoms with Crippen molar-refractivity contribution in [2.75, 3.05) is 0 Å². The lowest BCUT2D eigenvalue weighted by Gasteiger charge is -2.32. The molecule has 174 valence electrons. The molecule has 0 fully saturated rings. The molecular weight excluding hydrogens is 415 g/mol. The summed E-state index contributed by atoms with van der Waals surface area (Å²) in [5.41, 5.74) is 7.33. The smallest absolute Gasteiger partial charge is 0.00956 e. The molecule has 0 aliphatic carbocycles. The van der Waals surface area contributed by atoms with E-state index < -0.39 is 0 Å². The molecule has 0 N–H and O–H groups in total. The summed E-state index contributed by atoms with van der Waals surface area (Å²) in [6, 6.07) is 26.8. The van der Waals surface area contributed by atoms with Gasteiger partial charge in [-0.2, -0.15) is 0 Å². The van der Waals surface area contributed by atoms with Gasteiger partial charge in [0.15, 0.2) is 0 Å². The van der Waals surface area contributed by atoms with Crippen molar-refractivity contribution in [3.63, 3.8) is 0 Å². The Kier molecular flexibility index (Phi) is 7.40. The number of benzene rings is 3. The molecule has 0 radical (unpaired) electrons. The second-order valence-electron chi connectivity index (χ2n) is 12.3. The maximum atomic E-state index is 2.49.